The van der Waals surface area contributed by atoms with Gasteiger partial charge in [0.1, 0.15) is 0 Å². The zero-order valence-electron chi connectivity index (χ0n) is 12.7. The number of sulfonamides is 1. The Hall–Kier alpha value is -1.40. The minimum Gasteiger partial charge on any atom is -0.326 e. The first kappa shape index (κ1) is 16.0. The van der Waals surface area contributed by atoms with Gasteiger partial charge in [0.15, 0.2) is 0 Å². The Bertz CT molecular complexity index is 620. The number of hydrogen-bond acceptors (Lipinski definition) is 3. The molecule has 5 nitrogen and oxygen atoms in total. The van der Waals surface area contributed by atoms with E-state index < -0.39 is 10.0 Å². The van der Waals surface area contributed by atoms with Crippen LogP contribution >= 0.6 is 0 Å². The van der Waals surface area contributed by atoms with Crippen molar-refractivity contribution in [3.8, 4) is 0 Å². The molecular formula is C15H22N2O3S. The van der Waals surface area contributed by atoms with Crippen molar-refractivity contribution in [1.29, 1.82) is 0 Å². The minimum atomic E-state index is -3.23. The molecule has 1 N–H and O–H groups in total. The standard InChI is InChI=1S/C15H22N2O3S/c1-11-7-12(2)9-14(8-11)16-15(18)13-5-4-6-17(10-13)21(3,19)20/h7-9,13H,4-6,10H2,1-3H3,(H,16,18). The van der Waals surface area contributed by atoms with Crippen LogP contribution in [0, 0.1) is 19.8 Å². The Morgan fingerprint density at radius 1 is 1.24 bits per heavy atom. The van der Waals surface area contributed by atoms with Gasteiger partial charge in [-0.05, 0) is 49.9 Å². The second-order valence-corrected chi connectivity index (χ2v) is 7.81. The zero-order chi connectivity index (χ0) is 15.6. The first-order chi connectivity index (χ1) is 9.75. The van der Waals surface area contributed by atoms with Crippen LogP contribution in [0.1, 0.15) is 24.0 Å². The van der Waals surface area contributed by atoms with Crippen molar-refractivity contribution < 1.29 is 13.2 Å². The molecule has 1 aromatic carbocycles. The number of hydrogen-bond donors (Lipinski definition) is 1. The van der Waals surface area contributed by atoms with Gasteiger partial charge >= 0.3 is 0 Å². The van der Waals surface area contributed by atoms with Gasteiger partial charge in [-0.3, -0.25) is 4.79 Å². The molecule has 1 unspecified atom stereocenters. The summed E-state index contributed by atoms with van der Waals surface area (Å²) in [5.74, 6) is -0.386. The monoisotopic (exact) mass is 310 g/mol. The van der Waals surface area contributed by atoms with Gasteiger partial charge in [0, 0.05) is 18.8 Å². The van der Waals surface area contributed by atoms with E-state index in [1.54, 1.807) is 0 Å². The Kier molecular flexibility index (Phi) is 4.68. The first-order valence-corrected chi connectivity index (χ1v) is 8.95. The van der Waals surface area contributed by atoms with Gasteiger partial charge in [0.2, 0.25) is 15.9 Å². The Morgan fingerprint density at radius 3 is 2.43 bits per heavy atom. The second-order valence-electron chi connectivity index (χ2n) is 5.83. The summed E-state index contributed by atoms with van der Waals surface area (Å²) in [6.07, 6.45) is 2.64. The SMILES string of the molecule is Cc1cc(C)cc(NC(=O)C2CCCN(S(C)(=O)=O)C2)c1. The van der Waals surface area contributed by atoms with Gasteiger partial charge in [-0.1, -0.05) is 6.07 Å². The lowest BCUT2D eigenvalue weighted by molar-refractivity contribution is -0.120. The number of amides is 1. The van der Waals surface area contributed by atoms with Crippen LogP contribution in [-0.4, -0.2) is 38.0 Å². The predicted molar refractivity (Wildman–Crippen MR) is 83.7 cm³/mol. The van der Waals surface area contributed by atoms with Gasteiger partial charge in [-0.2, -0.15) is 0 Å². The lowest BCUT2D eigenvalue weighted by Crippen LogP contribution is -2.43. The number of piperidine rings is 1. The molecule has 1 amide bonds. The molecule has 0 radical (unpaired) electrons. The maximum Gasteiger partial charge on any atom is 0.228 e. The van der Waals surface area contributed by atoms with E-state index in [1.807, 2.05) is 32.0 Å². The van der Waals surface area contributed by atoms with E-state index in [4.69, 9.17) is 0 Å². The molecule has 0 spiro atoms. The summed E-state index contributed by atoms with van der Waals surface area (Å²) in [5.41, 5.74) is 2.95. The largest absolute Gasteiger partial charge is 0.326 e. The van der Waals surface area contributed by atoms with E-state index in [0.29, 0.717) is 6.54 Å². The molecule has 1 atom stereocenters. The molecule has 6 heteroatoms. The van der Waals surface area contributed by atoms with Gasteiger partial charge in [0.25, 0.3) is 0 Å². The van der Waals surface area contributed by atoms with Crippen molar-refractivity contribution in [2.45, 2.75) is 26.7 Å². The molecule has 1 aliphatic heterocycles. The summed E-state index contributed by atoms with van der Waals surface area (Å²) >= 11 is 0. The maximum absolute atomic E-state index is 12.3. The molecule has 0 aromatic heterocycles. The summed E-state index contributed by atoms with van der Waals surface area (Å²) in [4.78, 5) is 12.3. The number of aryl methyl sites for hydroxylation is 2. The summed E-state index contributed by atoms with van der Waals surface area (Å²) in [7, 11) is -3.23. The first-order valence-electron chi connectivity index (χ1n) is 7.10. The van der Waals surface area contributed by atoms with Gasteiger partial charge in [0.05, 0.1) is 12.2 Å². The van der Waals surface area contributed by atoms with E-state index in [0.717, 1.165) is 29.7 Å². The van der Waals surface area contributed by atoms with Crippen LogP contribution in [0.25, 0.3) is 0 Å². The third-order valence-electron chi connectivity index (χ3n) is 3.71. The number of nitrogens with zero attached hydrogens (tertiary/aromatic N) is 1. The Morgan fingerprint density at radius 2 is 1.86 bits per heavy atom. The molecule has 1 fully saturated rings. The lowest BCUT2D eigenvalue weighted by atomic mass is 9.98. The van der Waals surface area contributed by atoms with Crippen molar-refractivity contribution >= 4 is 21.6 Å². The van der Waals surface area contributed by atoms with E-state index in [9.17, 15) is 13.2 Å². The summed E-state index contributed by atoms with van der Waals surface area (Å²) < 4.78 is 24.6. The molecule has 1 aliphatic rings. The van der Waals surface area contributed by atoms with Crippen LogP contribution in [-0.2, 0) is 14.8 Å². The van der Waals surface area contributed by atoms with Crippen LogP contribution in [0.5, 0.6) is 0 Å². The molecule has 116 valence electrons. The number of nitrogens with one attached hydrogen (secondary N) is 1. The van der Waals surface area contributed by atoms with Crippen LogP contribution in [0.2, 0.25) is 0 Å². The molecule has 2 rings (SSSR count). The van der Waals surface area contributed by atoms with E-state index >= 15 is 0 Å². The number of carbonyl (C=O) groups excluding carboxylic acids is 1. The van der Waals surface area contributed by atoms with Gasteiger partial charge in [-0.25, -0.2) is 12.7 Å². The molecule has 1 saturated heterocycles. The normalized spacial score (nSPS) is 20.2. The van der Waals surface area contributed by atoms with E-state index in [2.05, 4.69) is 5.32 Å². The molecule has 0 bridgehead atoms. The highest BCUT2D eigenvalue weighted by atomic mass is 32.2. The van der Waals surface area contributed by atoms with Crippen molar-refractivity contribution in [2.75, 3.05) is 24.7 Å². The van der Waals surface area contributed by atoms with Crippen molar-refractivity contribution in [1.82, 2.24) is 4.31 Å². The molecular weight excluding hydrogens is 288 g/mol. The highest BCUT2D eigenvalue weighted by Gasteiger charge is 2.30. The molecule has 1 aromatic rings. The number of carbonyl (C=O) groups is 1. The molecule has 1 heterocycles. The van der Waals surface area contributed by atoms with Gasteiger partial charge in [-0.15, -0.1) is 0 Å². The third-order valence-corrected chi connectivity index (χ3v) is 4.98. The summed E-state index contributed by atoms with van der Waals surface area (Å²) in [6, 6.07) is 5.88. The van der Waals surface area contributed by atoms with Crippen molar-refractivity contribution in [3.05, 3.63) is 29.3 Å². The number of anilines is 1. The molecule has 0 saturated carbocycles. The quantitative estimate of drug-likeness (QED) is 0.927. The van der Waals surface area contributed by atoms with Crippen LogP contribution in [0.4, 0.5) is 5.69 Å². The van der Waals surface area contributed by atoms with Crippen molar-refractivity contribution in [3.63, 3.8) is 0 Å². The van der Waals surface area contributed by atoms with Crippen LogP contribution < -0.4 is 5.32 Å². The predicted octanol–water partition coefficient (Wildman–Crippen LogP) is 1.91. The fraction of sp³-hybridized carbons (Fsp3) is 0.533. The maximum atomic E-state index is 12.3. The number of rotatable bonds is 3. The highest BCUT2D eigenvalue weighted by molar-refractivity contribution is 7.88. The minimum absolute atomic E-state index is 0.103. The molecule has 0 aliphatic carbocycles. The Balaban J connectivity index is 2.06. The Labute approximate surface area is 126 Å². The summed E-state index contributed by atoms with van der Waals surface area (Å²) in [5, 5.41) is 2.90. The second kappa shape index (κ2) is 6.15. The molecule has 21 heavy (non-hydrogen) atoms. The topological polar surface area (TPSA) is 66.5 Å². The lowest BCUT2D eigenvalue weighted by Gasteiger charge is -2.30. The van der Waals surface area contributed by atoms with Crippen LogP contribution in [0.15, 0.2) is 18.2 Å². The van der Waals surface area contributed by atoms with E-state index in [-0.39, 0.29) is 18.4 Å². The fourth-order valence-electron chi connectivity index (χ4n) is 2.75. The third kappa shape index (κ3) is 4.28. The highest BCUT2D eigenvalue weighted by Crippen LogP contribution is 2.21. The van der Waals surface area contributed by atoms with Gasteiger partial charge < -0.3 is 5.32 Å². The summed E-state index contributed by atoms with van der Waals surface area (Å²) in [6.45, 7) is 4.74. The smallest absolute Gasteiger partial charge is 0.228 e. The number of benzene rings is 1. The fourth-order valence-corrected chi connectivity index (χ4v) is 3.66. The average Bonchev–Trinajstić information content (AvgIpc) is 2.36. The zero-order valence-corrected chi connectivity index (χ0v) is 13.5. The average molecular weight is 310 g/mol. The van der Waals surface area contributed by atoms with Crippen LogP contribution in [0.3, 0.4) is 0 Å². The van der Waals surface area contributed by atoms with E-state index in [1.165, 1.54) is 10.6 Å². The van der Waals surface area contributed by atoms with Crippen molar-refractivity contribution in [2.24, 2.45) is 5.92 Å².